The minimum atomic E-state index is -0.202. The molecular weight excluding hydrogens is 254 g/mol. The number of aliphatic hydroxyl groups excluding tert-OH is 1. The Morgan fingerprint density at radius 2 is 2.20 bits per heavy atom. The van der Waals surface area contributed by atoms with Gasteiger partial charge in [-0.05, 0) is 24.7 Å². The summed E-state index contributed by atoms with van der Waals surface area (Å²) >= 11 is 0. The molecule has 110 valence electrons. The molecule has 3 unspecified atom stereocenters. The molecule has 2 aliphatic rings. The van der Waals surface area contributed by atoms with Gasteiger partial charge >= 0.3 is 0 Å². The monoisotopic (exact) mass is 277 g/mol. The number of nitrogens with zero attached hydrogens (tertiary/aromatic N) is 3. The Bertz CT molecular complexity index is 540. The zero-order valence-electron chi connectivity index (χ0n) is 12.2. The summed E-state index contributed by atoms with van der Waals surface area (Å²) in [5.41, 5.74) is -0.00402. The Balaban J connectivity index is 1.83. The summed E-state index contributed by atoms with van der Waals surface area (Å²) in [6, 6.07) is 0. The molecule has 1 saturated carbocycles. The highest BCUT2D eigenvalue weighted by Gasteiger charge is 2.42. The Hall–Kier alpha value is -1.36. The summed E-state index contributed by atoms with van der Waals surface area (Å²) in [5.74, 6) is 1.82. The van der Waals surface area contributed by atoms with E-state index >= 15 is 0 Å². The number of fused-ring (bicyclic) bond motifs is 1. The Kier molecular flexibility index (Phi) is 3.54. The van der Waals surface area contributed by atoms with Crippen LogP contribution in [0.3, 0.4) is 0 Å². The van der Waals surface area contributed by atoms with Crippen molar-refractivity contribution in [2.75, 3.05) is 18.0 Å². The van der Waals surface area contributed by atoms with Crippen molar-refractivity contribution >= 4 is 5.82 Å². The first-order chi connectivity index (χ1) is 9.56. The van der Waals surface area contributed by atoms with Crippen LogP contribution in [0.25, 0.3) is 0 Å². The predicted octanol–water partition coefficient (Wildman–Crippen LogP) is 1.11. The largest absolute Gasteiger partial charge is 0.393 e. The summed E-state index contributed by atoms with van der Waals surface area (Å²) in [6.45, 7) is 6.54. The van der Waals surface area contributed by atoms with Gasteiger partial charge in [0, 0.05) is 37.9 Å². The lowest BCUT2D eigenvalue weighted by molar-refractivity contribution is 0.133. The van der Waals surface area contributed by atoms with E-state index < -0.39 is 0 Å². The molecule has 3 rings (SSSR count). The van der Waals surface area contributed by atoms with Gasteiger partial charge in [-0.3, -0.25) is 4.79 Å². The molecule has 2 heterocycles. The molecule has 1 aliphatic carbocycles. The topological polar surface area (TPSA) is 58.4 Å². The zero-order valence-corrected chi connectivity index (χ0v) is 12.2. The van der Waals surface area contributed by atoms with Gasteiger partial charge in [-0.25, -0.2) is 4.98 Å². The zero-order chi connectivity index (χ0) is 14.3. The minimum Gasteiger partial charge on any atom is -0.393 e. The summed E-state index contributed by atoms with van der Waals surface area (Å²) < 4.78 is 1.75. The lowest BCUT2D eigenvalue weighted by Gasteiger charge is -2.19. The van der Waals surface area contributed by atoms with E-state index in [1.165, 1.54) is 0 Å². The normalized spacial score (nSPS) is 29.2. The molecular formula is C15H23N3O2. The second kappa shape index (κ2) is 5.20. The van der Waals surface area contributed by atoms with E-state index in [4.69, 9.17) is 0 Å². The molecule has 0 bridgehead atoms. The van der Waals surface area contributed by atoms with Crippen LogP contribution in [0, 0.1) is 17.8 Å². The average Bonchev–Trinajstić information content (AvgIpc) is 2.94. The quantitative estimate of drug-likeness (QED) is 0.899. The maximum Gasteiger partial charge on any atom is 0.293 e. The van der Waals surface area contributed by atoms with Gasteiger partial charge in [0.15, 0.2) is 5.82 Å². The van der Waals surface area contributed by atoms with E-state index in [0.29, 0.717) is 23.6 Å². The molecule has 5 nitrogen and oxygen atoms in total. The molecule has 0 aromatic carbocycles. The summed E-state index contributed by atoms with van der Waals surface area (Å²) in [7, 11) is 0. The van der Waals surface area contributed by atoms with Gasteiger partial charge in [0.1, 0.15) is 0 Å². The van der Waals surface area contributed by atoms with Gasteiger partial charge in [0.2, 0.25) is 0 Å². The van der Waals surface area contributed by atoms with E-state index in [1.54, 1.807) is 17.0 Å². The van der Waals surface area contributed by atoms with Gasteiger partial charge in [-0.2, -0.15) is 0 Å². The second-order valence-corrected chi connectivity index (χ2v) is 6.58. The number of aliphatic hydroxyl groups is 1. The first-order valence-electron chi connectivity index (χ1n) is 7.54. The SMILES string of the molecule is CC(C)Cn1ccnc(N2CC3CCC(O)C3C2)c1=O. The molecule has 5 heteroatoms. The van der Waals surface area contributed by atoms with Crippen LogP contribution >= 0.6 is 0 Å². The second-order valence-electron chi connectivity index (χ2n) is 6.58. The van der Waals surface area contributed by atoms with Crippen LogP contribution in [0.4, 0.5) is 5.82 Å². The van der Waals surface area contributed by atoms with Crippen molar-refractivity contribution in [3.05, 3.63) is 22.7 Å². The van der Waals surface area contributed by atoms with E-state index in [0.717, 1.165) is 32.5 Å². The third-order valence-electron chi connectivity index (χ3n) is 4.58. The van der Waals surface area contributed by atoms with Crippen LogP contribution in [0.1, 0.15) is 26.7 Å². The molecule has 3 atom stereocenters. The highest BCUT2D eigenvalue weighted by Crippen LogP contribution is 2.38. The Morgan fingerprint density at radius 1 is 1.40 bits per heavy atom. The number of aromatic nitrogens is 2. The maximum absolute atomic E-state index is 12.5. The van der Waals surface area contributed by atoms with Crippen LogP contribution in [-0.4, -0.2) is 33.9 Å². The van der Waals surface area contributed by atoms with E-state index in [1.807, 2.05) is 0 Å². The Morgan fingerprint density at radius 3 is 2.90 bits per heavy atom. The van der Waals surface area contributed by atoms with Gasteiger partial charge in [-0.1, -0.05) is 13.8 Å². The van der Waals surface area contributed by atoms with E-state index in [9.17, 15) is 9.90 Å². The third-order valence-corrected chi connectivity index (χ3v) is 4.58. The smallest absolute Gasteiger partial charge is 0.293 e. The molecule has 1 aliphatic heterocycles. The van der Waals surface area contributed by atoms with Gasteiger partial charge in [0.05, 0.1) is 6.10 Å². The van der Waals surface area contributed by atoms with Crippen LogP contribution in [0.5, 0.6) is 0 Å². The van der Waals surface area contributed by atoms with Crippen molar-refractivity contribution in [3.63, 3.8) is 0 Å². The van der Waals surface area contributed by atoms with Crippen molar-refractivity contribution in [1.29, 1.82) is 0 Å². The molecule has 1 N–H and O–H groups in total. The van der Waals surface area contributed by atoms with Gasteiger partial charge in [0.25, 0.3) is 5.56 Å². The maximum atomic E-state index is 12.5. The fourth-order valence-electron chi connectivity index (χ4n) is 3.60. The van der Waals surface area contributed by atoms with E-state index in [2.05, 4.69) is 23.7 Å². The fraction of sp³-hybridized carbons (Fsp3) is 0.733. The molecule has 1 saturated heterocycles. The molecule has 1 aromatic heterocycles. The number of hydrogen-bond acceptors (Lipinski definition) is 4. The number of anilines is 1. The first kappa shape index (κ1) is 13.6. The van der Waals surface area contributed by atoms with Crippen molar-refractivity contribution in [3.8, 4) is 0 Å². The highest BCUT2D eigenvalue weighted by molar-refractivity contribution is 5.38. The molecule has 20 heavy (non-hydrogen) atoms. The number of hydrogen-bond donors (Lipinski definition) is 1. The molecule has 2 fully saturated rings. The molecule has 0 radical (unpaired) electrons. The summed E-state index contributed by atoms with van der Waals surface area (Å²) in [4.78, 5) is 18.8. The van der Waals surface area contributed by atoms with Gasteiger partial charge in [-0.15, -0.1) is 0 Å². The van der Waals surface area contributed by atoms with Crippen molar-refractivity contribution in [1.82, 2.24) is 9.55 Å². The average molecular weight is 277 g/mol. The van der Waals surface area contributed by atoms with E-state index in [-0.39, 0.29) is 11.7 Å². The van der Waals surface area contributed by atoms with Crippen LogP contribution in [-0.2, 0) is 6.54 Å². The first-order valence-corrected chi connectivity index (χ1v) is 7.54. The molecule has 1 aromatic rings. The van der Waals surface area contributed by atoms with Crippen LogP contribution in [0.15, 0.2) is 17.2 Å². The van der Waals surface area contributed by atoms with Crippen molar-refractivity contribution in [2.45, 2.75) is 39.3 Å². The van der Waals surface area contributed by atoms with Gasteiger partial charge < -0.3 is 14.6 Å². The Labute approximate surface area is 119 Å². The third kappa shape index (κ3) is 2.35. The fourth-order valence-corrected chi connectivity index (χ4v) is 3.60. The molecule has 0 amide bonds. The predicted molar refractivity (Wildman–Crippen MR) is 77.8 cm³/mol. The highest BCUT2D eigenvalue weighted by atomic mass is 16.3. The van der Waals surface area contributed by atoms with Crippen molar-refractivity contribution in [2.24, 2.45) is 17.8 Å². The summed E-state index contributed by atoms with van der Waals surface area (Å²) in [5, 5.41) is 9.98. The lowest BCUT2D eigenvalue weighted by atomic mass is 10.00. The number of rotatable bonds is 3. The molecule has 0 spiro atoms. The summed E-state index contributed by atoms with van der Waals surface area (Å²) in [6.07, 6.45) is 5.24. The lowest BCUT2D eigenvalue weighted by Crippen LogP contribution is -2.33. The van der Waals surface area contributed by atoms with Crippen LogP contribution in [0.2, 0.25) is 0 Å². The van der Waals surface area contributed by atoms with Crippen LogP contribution < -0.4 is 10.5 Å². The standard InChI is InChI=1S/C15H23N3O2/c1-10(2)7-17-6-5-16-14(15(17)20)18-8-11-3-4-13(19)12(11)9-18/h5-6,10-13,19H,3-4,7-9H2,1-2H3. The minimum absolute atomic E-state index is 0.00402. The van der Waals surface area contributed by atoms with Crippen molar-refractivity contribution < 1.29 is 5.11 Å².